The molecule has 1 heterocycles. The summed E-state index contributed by atoms with van der Waals surface area (Å²) in [4.78, 5) is 17.5. The van der Waals surface area contributed by atoms with Crippen LogP contribution >= 0.6 is 0 Å². The Bertz CT molecular complexity index is 871. The second-order valence-electron chi connectivity index (χ2n) is 4.25. The van der Waals surface area contributed by atoms with Gasteiger partial charge >= 0.3 is 5.69 Å². The van der Waals surface area contributed by atoms with E-state index < -0.39 is 5.69 Å². The largest absolute Gasteiger partial charge is 0.347 e. The Labute approximate surface area is 114 Å². The van der Waals surface area contributed by atoms with Crippen molar-refractivity contribution in [1.82, 2.24) is 9.97 Å². The van der Waals surface area contributed by atoms with Crippen molar-refractivity contribution >= 4 is 22.3 Å². The number of benzene rings is 2. The molecule has 0 saturated carbocycles. The van der Waals surface area contributed by atoms with Crippen molar-refractivity contribution in [2.24, 2.45) is 0 Å². The van der Waals surface area contributed by atoms with Gasteiger partial charge in [-0.25, -0.2) is 4.79 Å². The van der Waals surface area contributed by atoms with Gasteiger partial charge in [-0.05, 0) is 11.5 Å². The van der Waals surface area contributed by atoms with Gasteiger partial charge in [0.05, 0.1) is 0 Å². The van der Waals surface area contributed by atoms with Crippen molar-refractivity contribution in [3.05, 3.63) is 64.7 Å². The van der Waals surface area contributed by atoms with Gasteiger partial charge in [-0.1, -0.05) is 36.4 Å². The molecule has 2 aromatic carbocycles. The van der Waals surface area contributed by atoms with E-state index in [1.807, 2.05) is 48.5 Å². The maximum Gasteiger partial charge on any atom is 0.347 e. The molecule has 0 fully saturated rings. The van der Waals surface area contributed by atoms with Gasteiger partial charge in [0, 0.05) is 17.1 Å². The second kappa shape index (κ2) is 4.86. The number of nitriles is 1. The summed E-state index contributed by atoms with van der Waals surface area (Å²) in [7, 11) is 0. The Hall–Kier alpha value is -3.13. The number of anilines is 2. The van der Waals surface area contributed by atoms with Gasteiger partial charge in [-0.15, -0.1) is 0 Å². The number of nitrogens with zero attached hydrogens (tertiary/aromatic N) is 2. The van der Waals surface area contributed by atoms with E-state index in [0.29, 0.717) is 5.82 Å². The van der Waals surface area contributed by atoms with Crippen molar-refractivity contribution < 1.29 is 0 Å². The van der Waals surface area contributed by atoms with E-state index in [1.165, 1.54) is 6.07 Å². The van der Waals surface area contributed by atoms with Crippen LogP contribution in [0.2, 0.25) is 0 Å². The van der Waals surface area contributed by atoms with Crippen LogP contribution in [0.1, 0.15) is 5.69 Å². The highest BCUT2D eigenvalue weighted by Gasteiger charge is 2.04. The molecule has 5 nitrogen and oxygen atoms in total. The molecule has 3 rings (SSSR count). The zero-order valence-electron chi connectivity index (χ0n) is 10.4. The average molecular weight is 262 g/mol. The number of aromatic amines is 1. The summed E-state index contributed by atoms with van der Waals surface area (Å²) in [6.45, 7) is 0. The van der Waals surface area contributed by atoms with Gasteiger partial charge in [0.15, 0.2) is 0 Å². The Balaban J connectivity index is 2.08. The number of hydrogen-bond donors (Lipinski definition) is 2. The lowest BCUT2D eigenvalue weighted by Crippen LogP contribution is -2.13. The first kappa shape index (κ1) is 11.9. The van der Waals surface area contributed by atoms with E-state index in [9.17, 15) is 4.79 Å². The van der Waals surface area contributed by atoms with Crippen LogP contribution in [0.25, 0.3) is 10.8 Å². The normalized spacial score (nSPS) is 10.2. The Kier molecular flexibility index (Phi) is 2.90. The molecule has 0 radical (unpaired) electrons. The van der Waals surface area contributed by atoms with Gasteiger partial charge in [0.1, 0.15) is 17.6 Å². The van der Waals surface area contributed by atoms with Crippen molar-refractivity contribution in [2.45, 2.75) is 0 Å². The van der Waals surface area contributed by atoms with Crippen LogP contribution < -0.4 is 11.0 Å². The monoisotopic (exact) mass is 262 g/mol. The van der Waals surface area contributed by atoms with Gasteiger partial charge in [0.2, 0.25) is 0 Å². The summed E-state index contributed by atoms with van der Waals surface area (Å²) >= 11 is 0. The van der Waals surface area contributed by atoms with Gasteiger partial charge in [-0.2, -0.15) is 10.2 Å². The first-order chi connectivity index (χ1) is 9.76. The zero-order chi connectivity index (χ0) is 13.9. The fourth-order valence-corrected chi connectivity index (χ4v) is 2.05. The molecule has 0 amide bonds. The molecule has 0 aliphatic rings. The second-order valence-corrected chi connectivity index (χ2v) is 4.25. The summed E-state index contributed by atoms with van der Waals surface area (Å²) < 4.78 is 0. The number of nitrogens with one attached hydrogen (secondary N) is 2. The standard InChI is InChI=1S/C15H10N4O/c16-9-11-8-14(19-15(20)17-11)18-13-7-3-5-10-4-1-2-6-12(10)13/h1-8H,(H2,17,18,19,20). The third-order valence-corrected chi connectivity index (χ3v) is 2.92. The molecule has 96 valence electrons. The first-order valence-corrected chi connectivity index (χ1v) is 6.02. The summed E-state index contributed by atoms with van der Waals surface area (Å²) in [5.74, 6) is 0.349. The van der Waals surface area contributed by atoms with E-state index >= 15 is 0 Å². The molecule has 2 N–H and O–H groups in total. The number of aromatic nitrogens is 2. The third kappa shape index (κ3) is 2.22. The summed E-state index contributed by atoms with van der Waals surface area (Å²) in [5.41, 5.74) is 0.463. The predicted octanol–water partition coefficient (Wildman–Crippen LogP) is 2.54. The molecule has 0 spiro atoms. The van der Waals surface area contributed by atoms with E-state index in [1.54, 1.807) is 0 Å². The van der Waals surface area contributed by atoms with Crippen molar-refractivity contribution in [3.63, 3.8) is 0 Å². The highest BCUT2D eigenvalue weighted by molar-refractivity contribution is 5.95. The highest BCUT2D eigenvalue weighted by Crippen LogP contribution is 2.25. The van der Waals surface area contributed by atoms with Crippen LogP contribution in [-0.2, 0) is 0 Å². The smallest absolute Gasteiger partial charge is 0.339 e. The molecule has 3 aromatic rings. The molecule has 0 bridgehead atoms. The molecule has 5 heteroatoms. The van der Waals surface area contributed by atoms with Crippen molar-refractivity contribution in [1.29, 1.82) is 5.26 Å². The molecule has 20 heavy (non-hydrogen) atoms. The minimum atomic E-state index is -0.549. The van der Waals surface area contributed by atoms with E-state index in [2.05, 4.69) is 15.3 Å². The fraction of sp³-hybridized carbons (Fsp3) is 0. The van der Waals surface area contributed by atoms with Crippen LogP contribution in [-0.4, -0.2) is 9.97 Å². The quantitative estimate of drug-likeness (QED) is 0.743. The predicted molar refractivity (Wildman–Crippen MR) is 76.8 cm³/mol. The Morgan fingerprint density at radius 2 is 1.95 bits per heavy atom. The number of H-pyrrole nitrogens is 1. The van der Waals surface area contributed by atoms with E-state index in [0.717, 1.165) is 16.5 Å². The lowest BCUT2D eigenvalue weighted by atomic mass is 10.1. The summed E-state index contributed by atoms with van der Waals surface area (Å²) in [6.07, 6.45) is 0. The van der Waals surface area contributed by atoms with E-state index in [-0.39, 0.29) is 5.69 Å². The van der Waals surface area contributed by atoms with Crippen molar-refractivity contribution in [2.75, 3.05) is 5.32 Å². The topological polar surface area (TPSA) is 81.6 Å². The van der Waals surface area contributed by atoms with Crippen molar-refractivity contribution in [3.8, 4) is 6.07 Å². The maximum absolute atomic E-state index is 11.4. The van der Waals surface area contributed by atoms with Crippen LogP contribution in [0.4, 0.5) is 11.5 Å². The first-order valence-electron chi connectivity index (χ1n) is 6.02. The highest BCUT2D eigenvalue weighted by atomic mass is 16.1. The van der Waals surface area contributed by atoms with Gasteiger partial charge in [-0.3, -0.25) is 4.98 Å². The fourth-order valence-electron chi connectivity index (χ4n) is 2.05. The Morgan fingerprint density at radius 3 is 2.80 bits per heavy atom. The third-order valence-electron chi connectivity index (χ3n) is 2.92. The molecule has 0 atom stereocenters. The molecular formula is C15H10N4O. The van der Waals surface area contributed by atoms with Crippen LogP contribution in [0.15, 0.2) is 53.3 Å². The molecule has 0 aliphatic heterocycles. The maximum atomic E-state index is 11.4. The number of rotatable bonds is 2. The zero-order valence-corrected chi connectivity index (χ0v) is 10.4. The molecule has 0 aliphatic carbocycles. The van der Waals surface area contributed by atoms with Gasteiger partial charge in [0.25, 0.3) is 0 Å². The molecule has 1 aromatic heterocycles. The van der Waals surface area contributed by atoms with Gasteiger partial charge < -0.3 is 5.32 Å². The lowest BCUT2D eigenvalue weighted by Gasteiger charge is -2.08. The van der Waals surface area contributed by atoms with Crippen LogP contribution in [0.5, 0.6) is 0 Å². The SMILES string of the molecule is N#Cc1cc(Nc2cccc3ccccc23)nc(=O)[nH]1. The summed E-state index contributed by atoms with van der Waals surface area (Å²) in [5, 5.41) is 14.0. The molecule has 0 unspecified atom stereocenters. The van der Waals surface area contributed by atoms with Crippen LogP contribution in [0.3, 0.4) is 0 Å². The minimum absolute atomic E-state index is 0.174. The van der Waals surface area contributed by atoms with E-state index in [4.69, 9.17) is 5.26 Å². The number of fused-ring (bicyclic) bond motifs is 1. The number of hydrogen-bond acceptors (Lipinski definition) is 4. The average Bonchev–Trinajstić information content (AvgIpc) is 2.47. The lowest BCUT2D eigenvalue weighted by molar-refractivity contribution is 1.06. The molecular weight excluding hydrogens is 252 g/mol. The molecule has 0 saturated heterocycles. The Morgan fingerprint density at radius 1 is 1.15 bits per heavy atom. The van der Waals surface area contributed by atoms with Crippen LogP contribution in [0, 0.1) is 11.3 Å². The summed E-state index contributed by atoms with van der Waals surface area (Å²) in [6, 6.07) is 17.1. The minimum Gasteiger partial charge on any atom is -0.339 e.